The third kappa shape index (κ3) is 4.83. The van der Waals surface area contributed by atoms with Crippen molar-refractivity contribution >= 4 is 23.2 Å². The number of carboxylic acids is 1. The van der Waals surface area contributed by atoms with Gasteiger partial charge in [0.25, 0.3) is 5.91 Å². The second-order valence-electron chi connectivity index (χ2n) is 8.30. The van der Waals surface area contributed by atoms with E-state index >= 15 is 0 Å². The fourth-order valence-corrected chi connectivity index (χ4v) is 4.48. The molecule has 1 fully saturated rings. The molecule has 0 radical (unpaired) electrons. The summed E-state index contributed by atoms with van der Waals surface area (Å²) in [4.78, 5) is 26.5. The molecular formula is C22H25N5O3S. The zero-order valence-electron chi connectivity index (χ0n) is 17.5. The molecule has 0 bridgehead atoms. The number of amides is 1. The van der Waals surface area contributed by atoms with E-state index in [2.05, 4.69) is 44.8 Å². The maximum Gasteiger partial charge on any atom is 0.345 e. The molecule has 2 N–H and O–H groups in total. The lowest BCUT2D eigenvalue weighted by Crippen LogP contribution is -2.41. The van der Waals surface area contributed by atoms with Crippen LogP contribution in [0.15, 0.2) is 48.7 Å². The molecule has 4 rings (SSSR count). The number of rotatable bonds is 7. The van der Waals surface area contributed by atoms with E-state index in [1.807, 2.05) is 30.8 Å². The summed E-state index contributed by atoms with van der Waals surface area (Å²) < 4.78 is 1.89. The highest BCUT2D eigenvalue weighted by atomic mass is 32.1. The van der Waals surface area contributed by atoms with Gasteiger partial charge >= 0.3 is 5.97 Å². The van der Waals surface area contributed by atoms with E-state index in [9.17, 15) is 9.59 Å². The molecule has 8 nitrogen and oxygen atoms in total. The highest BCUT2D eigenvalue weighted by Gasteiger charge is 2.30. The quantitative estimate of drug-likeness (QED) is 0.587. The van der Waals surface area contributed by atoms with Crippen molar-refractivity contribution in [3.8, 4) is 0 Å². The fourth-order valence-electron chi connectivity index (χ4n) is 3.74. The monoisotopic (exact) mass is 439 g/mol. The molecule has 0 spiro atoms. The topological polar surface area (TPSA) is 100 Å². The zero-order chi connectivity index (χ0) is 22.0. The summed E-state index contributed by atoms with van der Waals surface area (Å²) in [7, 11) is 0. The summed E-state index contributed by atoms with van der Waals surface area (Å²) >= 11 is 0.953. The number of benzene rings is 1. The van der Waals surface area contributed by atoms with Crippen LogP contribution < -0.4 is 5.32 Å². The lowest BCUT2D eigenvalue weighted by molar-refractivity contribution is 0.0702. The third-order valence-electron chi connectivity index (χ3n) is 5.49. The van der Waals surface area contributed by atoms with Gasteiger partial charge in [-0.3, -0.25) is 9.69 Å². The molecule has 1 aliphatic rings. The Bertz CT molecular complexity index is 1080. The van der Waals surface area contributed by atoms with Crippen LogP contribution in [0.5, 0.6) is 0 Å². The molecule has 1 aromatic carbocycles. The van der Waals surface area contributed by atoms with Gasteiger partial charge in [-0.2, -0.15) is 0 Å². The first kappa shape index (κ1) is 21.2. The molecular weight excluding hydrogens is 414 g/mol. The molecule has 1 saturated heterocycles. The number of nitrogens with one attached hydrogen (secondary N) is 1. The molecule has 1 unspecified atom stereocenters. The molecule has 1 aliphatic heterocycles. The van der Waals surface area contributed by atoms with Gasteiger partial charge in [0.2, 0.25) is 0 Å². The molecule has 3 heterocycles. The number of aromatic carboxylic acids is 1. The molecule has 162 valence electrons. The van der Waals surface area contributed by atoms with Crippen molar-refractivity contribution < 1.29 is 14.7 Å². The Balaban J connectivity index is 1.39. The maximum absolute atomic E-state index is 12.6. The molecule has 2 aromatic heterocycles. The predicted octanol–water partition coefficient (Wildman–Crippen LogP) is 3.15. The number of thiophene rings is 1. The summed E-state index contributed by atoms with van der Waals surface area (Å²) in [5, 5.41) is 20.6. The number of aromatic nitrogens is 3. The third-order valence-corrected chi connectivity index (χ3v) is 6.56. The van der Waals surface area contributed by atoms with Crippen LogP contribution in [0.4, 0.5) is 0 Å². The average molecular weight is 440 g/mol. The van der Waals surface area contributed by atoms with Gasteiger partial charge < -0.3 is 10.4 Å². The number of hydrogen-bond acceptors (Lipinski definition) is 6. The Kier molecular flexibility index (Phi) is 5.88. The predicted molar refractivity (Wildman–Crippen MR) is 117 cm³/mol. The minimum absolute atomic E-state index is 0.134. The van der Waals surface area contributed by atoms with Crippen LogP contribution in [-0.4, -0.2) is 50.0 Å². The number of hydrogen-bond donors (Lipinski definition) is 2. The van der Waals surface area contributed by atoms with Crippen LogP contribution in [0.25, 0.3) is 0 Å². The van der Waals surface area contributed by atoms with Gasteiger partial charge in [0.15, 0.2) is 0 Å². The summed E-state index contributed by atoms with van der Waals surface area (Å²) in [6, 6.07) is 13.6. The average Bonchev–Trinajstić information content (AvgIpc) is 3.48. The number of carbonyl (C=O) groups is 2. The zero-order valence-corrected chi connectivity index (χ0v) is 18.3. The summed E-state index contributed by atoms with van der Waals surface area (Å²) in [5.41, 5.74) is 1.22. The molecule has 0 saturated carbocycles. The molecule has 9 heteroatoms. The standard InChI is InChI=1S/C22H25N5O3S/c1-22(2,23-20(28)17-8-9-18(31-17)21(29)30)19-14-27(25-24-19)16-10-11-26(13-16)12-15-6-4-3-5-7-15/h3-9,14,16H,10-13H2,1-2H3,(H,23,28)(H,29,30). The minimum atomic E-state index is -1.04. The Hall–Kier alpha value is -3.04. The van der Waals surface area contributed by atoms with Crippen molar-refractivity contribution in [3.05, 3.63) is 69.7 Å². The first-order valence-electron chi connectivity index (χ1n) is 10.2. The summed E-state index contributed by atoms with van der Waals surface area (Å²) in [6.07, 6.45) is 2.89. The number of likely N-dealkylation sites (tertiary alicyclic amines) is 1. The van der Waals surface area contributed by atoms with Crippen molar-refractivity contribution in [2.24, 2.45) is 0 Å². The van der Waals surface area contributed by atoms with Gasteiger partial charge in [0, 0.05) is 19.6 Å². The first-order chi connectivity index (χ1) is 14.8. The number of carboxylic acid groups (broad SMARTS) is 1. The number of nitrogens with zero attached hydrogens (tertiary/aromatic N) is 4. The van der Waals surface area contributed by atoms with Crippen molar-refractivity contribution in [1.82, 2.24) is 25.2 Å². The fraction of sp³-hybridized carbons (Fsp3) is 0.364. The first-order valence-corrected chi connectivity index (χ1v) is 11.0. The van der Waals surface area contributed by atoms with E-state index in [0.717, 1.165) is 37.4 Å². The van der Waals surface area contributed by atoms with E-state index in [1.165, 1.54) is 17.7 Å². The molecule has 3 aromatic rings. The molecule has 31 heavy (non-hydrogen) atoms. The molecule has 0 aliphatic carbocycles. The van der Waals surface area contributed by atoms with Crippen LogP contribution in [0.1, 0.15) is 56.9 Å². The Morgan fingerprint density at radius 3 is 2.65 bits per heavy atom. The van der Waals surface area contributed by atoms with Crippen molar-refractivity contribution in [2.45, 2.75) is 38.4 Å². The Labute approximate surface area is 184 Å². The summed E-state index contributed by atoms with van der Waals surface area (Å²) in [5.74, 6) is -1.36. The van der Waals surface area contributed by atoms with Crippen molar-refractivity contribution in [3.63, 3.8) is 0 Å². The molecule has 1 amide bonds. The van der Waals surface area contributed by atoms with E-state index in [0.29, 0.717) is 10.6 Å². The largest absolute Gasteiger partial charge is 0.477 e. The Morgan fingerprint density at radius 2 is 1.94 bits per heavy atom. The second kappa shape index (κ2) is 8.60. The minimum Gasteiger partial charge on any atom is -0.477 e. The Morgan fingerprint density at radius 1 is 1.19 bits per heavy atom. The lowest BCUT2D eigenvalue weighted by Gasteiger charge is -2.23. The van der Waals surface area contributed by atoms with E-state index < -0.39 is 11.5 Å². The van der Waals surface area contributed by atoms with Crippen LogP contribution in [-0.2, 0) is 12.1 Å². The van der Waals surface area contributed by atoms with Crippen LogP contribution >= 0.6 is 11.3 Å². The van der Waals surface area contributed by atoms with E-state index in [1.54, 1.807) is 0 Å². The van der Waals surface area contributed by atoms with Gasteiger partial charge in [-0.05, 0) is 38.0 Å². The van der Waals surface area contributed by atoms with Gasteiger partial charge in [0.1, 0.15) is 10.6 Å². The smallest absolute Gasteiger partial charge is 0.345 e. The lowest BCUT2D eigenvalue weighted by atomic mass is 10.0. The second-order valence-corrected chi connectivity index (χ2v) is 9.38. The van der Waals surface area contributed by atoms with Crippen LogP contribution in [0, 0.1) is 0 Å². The molecule has 1 atom stereocenters. The number of carbonyl (C=O) groups excluding carboxylic acids is 1. The van der Waals surface area contributed by atoms with Gasteiger partial charge in [-0.25, -0.2) is 9.48 Å². The van der Waals surface area contributed by atoms with E-state index in [-0.39, 0.29) is 16.8 Å². The van der Waals surface area contributed by atoms with Crippen LogP contribution in [0.3, 0.4) is 0 Å². The van der Waals surface area contributed by atoms with E-state index in [4.69, 9.17) is 5.11 Å². The van der Waals surface area contributed by atoms with Crippen molar-refractivity contribution in [2.75, 3.05) is 13.1 Å². The maximum atomic E-state index is 12.6. The normalized spacial score (nSPS) is 17.0. The highest BCUT2D eigenvalue weighted by Crippen LogP contribution is 2.25. The van der Waals surface area contributed by atoms with Crippen molar-refractivity contribution in [1.29, 1.82) is 0 Å². The van der Waals surface area contributed by atoms with Gasteiger partial charge in [-0.1, -0.05) is 35.5 Å². The van der Waals surface area contributed by atoms with Gasteiger partial charge in [-0.15, -0.1) is 16.4 Å². The summed E-state index contributed by atoms with van der Waals surface area (Å²) in [6.45, 7) is 6.54. The SMILES string of the molecule is CC(C)(NC(=O)c1ccc(C(=O)O)s1)c1cn(C2CCN(Cc3ccccc3)C2)nn1. The van der Waals surface area contributed by atoms with Crippen LogP contribution in [0.2, 0.25) is 0 Å². The van der Waals surface area contributed by atoms with Gasteiger partial charge in [0.05, 0.1) is 22.7 Å². The highest BCUT2D eigenvalue weighted by molar-refractivity contribution is 7.15.